The summed E-state index contributed by atoms with van der Waals surface area (Å²) in [5, 5.41) is 13.3. The predicted molar refractivity (Wildman–Crippen MR) is 115 cm³/mol. The van der Waals surface area contributed by atoms with E-state index in [2.05, 4.69) is 15.6 Å². The number of aromatic amines is 1. The minimum absolute atomic E-state index is 0.0154. The van der Waals surface area contributed by atoms with Crippen LogP contribution in [0.15, 0.2) is 23.0 Å². The third-order valence-electron chi connectivity index (χ3n) is 5.47. The molecule has 13 heteroatoms. The lowest BCUT2D eigenvalue weighted by molar-refractivity contribution is -0.192. The maximum absolute atomic E-state index is 12.5. The largest absolute Gasteiger partial charge is 0.490 e. The Bertz CT molecular complexity index is 1070. The summed E-state index contributed by atoms with van der Waals surface area (Å²) in [6, 6.07) is 5.38. The van der Waals surface area contributed by atoms with Crippen LogP contribution in [0.1, 0.15) is 25.7 Å². The Balaban J connectivity index is 0.000000383. The number of aromatic nitrogens is 1. The van der Waals surface area contributed by atoms with Crippen LogP contribution in [0.5, 0.6) is 0 Å². The molecular weight excluding hydrogens is 465 g/mol. The smallest absolute Gasteiger partial charge is 0.475 e. The maximum atomic E-state index is 12.5. The number of likely N-dealkylation sites (tertiary alicyclic amines) is 1. The summed E-state index contributed by atoms with van der Waals surface area (Å²) in [4.78, 5) is 49.8. The van der Waals surface area contributed by atoms with Crippen molar-refractivity contribution in [3.63, 3.8) is 0 Å². The molecule has 2 aromatic rings. The number of anilines is 1. The van der Waals surface area contributed by atoms with Gasteiger partial charge in [-0.15, -0.1) is 0 Å². The number of carbonyl (C=O) groups is 3. The number of piperidine rings is 1. The molecule has 1 aromatic heterocycles. The Kier molecular flexibility index (Phi) is 7.74. The van der Waals surface area contributed by atoms with Gasteiger partial charge in [-0.05, 0) is 50.4 Å². The van der Waals surface area contributed by atoms with Gasteiger partial charge in [-0.2, -0.15) is 13.2 Å². The second-order valence-electron chi connectivity index (χ2n) is 7.77. The molecule has 2 amide bonds. The standard InChI is InChI=1S/C18H22N4O3S.C2HF3O2/c23-16(20-12-3-4-13-15(10-12)26-18(25)21-13)11-5-8-22(9-6-11)17(24)14-2-1-7-19-14;3-2(4,5)1(6)7/h3-4,10-11,14,19H,1-2,5-9H2,(H,20,23)(H,21,25);(H,6,7)/t14-;/m0./s1. The highest BCUT2D eigenvalue weighted by Gasteiger charge is 2.38. The van der Waals surface area contributed by atoms with E-state index in [1.165, 1.54) is 0 Å². The van der Waals surface area contributed by atoms with Crippen molar-refractivity contribution in [1.82, 2.24) is 15.2 Å². The first-order chi connectivity index (χ1) is 15.5. The molecule has 2 saturated heterocycles. The molecule has 3 heterocycles. The first-order valence-electron chi connectivity index (χ1n) is 10.3. The molecule has 0 unspecified atom stereocenters. The summed E-state index contributed by atoms with van der Waals surface area (Å²) in [6.07, 6.45) is -1.75. The fourth-order valence-corrected chi connectivity index (χ4v) is 4.52. The fourth-order valence-electron chi connectivity index (χ4n) is 3.75. The van der Waals surface area contributed by atoms with Gasteiger partial charge in [0, 0.05) is 24.7 Å². The van der Waals surface area contributed by atoms with Crippen molar-refractivity contribution >= 4 is 45.0 Å². The molecule has 0 saturated carbocycles. The van der Waals surface area contributed by atoms with E-state index < -0.39 is 12.1 Å². The van der Waals surface area contributed by atoms with Crippen LogP contribution in [0.4, 0.5) is 18.9 Å². The Morgan fingerprint density at radius 3 is 2.39 bits per heavy atom. The molecular formula is C20H23F3N4O5S. The molecule has 0 bridgehead atoms. The van der Waals surface area contributed by atoms with Crippen molar-refractivity contribution in [2.24, 2.45) is 5.92 Å². The highest BCUT2D eigenvalue weighted by atomic mass is 32.1. The van der Waals surface area contributed by atoms with Gasteiger partial charge in [0.1, 0.15) is 0 Å². The van der Waals surface area contributed by atoms with Gasteiger partial charge in [-0.3, -0.25) is 14.4 Å². The lowest BCUT2D eigenvalue weighted by atomic mass is 9.95. The number of hydrogen-bond donors (Lipinski definition) is 4. The van der Waals surface area contributed by atoms with Crippen LogP contribution in [0.3, 0.4) is 0 Å². The zero-order valence-electron chi connectivity index (χ0n) is 17.4. The fraction of sp³-hybridized carbons (Fsp3) is 0.500. The molecule has 4 N–H and O–H groups in total. The number of alkyl halides is 3. The highest BCUT2D eigenvalue weighted by molar-refractivity contribution is 7.16. The minimum Gasteiger partial charge on any atom is -0.475 e. The number of hydrogen-bond acceptors (Lipinski definition) is 6. The summed E-state index contributed by atoms with van der Waals surface area (Å²) >= 11 is 1.13. The number of rotatable bonds is 3. The zero-order chi connectivity index (χ0) is 24.2. The summed E-state index contributed by atoms with van der Waals surface area (Å²) in [6.45, 7) is 2.18. The van der Waals surface area contributed by atoms with Crippen molar-refractivity contribution in [2.45, 2.75) is 37.9 Å². The number of aliphatic carboxylic acids is 1. The molecule has 9 nitrogen and oxygen atoms in total. The number of thiazole rings is 1. The molecule has 4 rings (SSSR count). The summed E-state index contributed by atoms with van der Waals surface area (Å²) in [5.74, 6) is -2.68. The van der Waals surface area contributed by atoms with E-state index in [1.807, 2.05) is 11.0 Å². The van der Waals surface area contributed by atoms with Crippen LogP contribution >= 0.6 is 11.3 Å². The number of amides is 2. The van der Waals surface area contributed by atoms with Crippen molar-refractivity contribution < 1.29 is 32.7 Å². The molecule has 2 aliphatic rings. The van der Waals surface area contributed by atoms with Gasteiger partial charge >= 0.3 is 17.0 Å². The summed E-state index contributed by atoms with van der Waals surface area (Å²) < 4.78 is 32.6. The third kappa shape index (κ3) is 6.54. The first kappa shape index (κ1) is 24.7. The summed E-state index contributed by atoms with van der Waals surface area (Å²) in [7, 11) is 0. The minimum atomic E-state index is -5.08. The zero-order valence-corrected chi connectivity index (χ0v) is 18.2. The van der Waals surface area contributed by atoms with Crippen LogP contribution < -0.4 is 15.5 Å². The molecule has 180 valence electrons. The van der Waals surface area contributed by atoms with E-state index in [1.54, 1.807) is 12.1 Å². The van der Waals surface area contributed by atoms with Crippen molar-refractivity contribution in [1.29, 1.82) is 0 Å². The van der Waals surface area contributed by atoms with E-state index in [0.717, 1.165) is 40.9 Å². The third-order valence-corrected chi connectivity index (χ3v) is 6.31. The van der Waals surface area contributed by atoms with Crippen LogP contribution in [0.25, 0.3) is 10.2 Å². The molecule has 33 heavy (non-hydrogen) atoms. The van der Waals surface area contributed by atoms with Crippen LogP contribution in [0, 0.1) is 5.92 Å². The van der Waals surface area contributed by atoms with Crippen LogP contribution in [-0.4, -0.2) is 64.6 Å². The SMILES string of the molecule is O=C(Nc1ccc2[nH]c(=O)sc2c1)C1CCN(C(=O)[C@@H]2CCCN2)CC1.O=C(O)C(F)(F)F. The lowest BCUT2D eigenvalue weighted by Crippen LogP contribution is -2.48. The monoisotopic (exact) mass is 488 g/mol. The van der Waals surface area contributed by atoms with Gasteiger partial charge < -0.3 is 25.6 Å². The average molecular weight is 488 g/mol. The quantitative estimate of drug-likeness (QED) is 0.524. The van der Waals surface area contributed by atoms with Gasteiger partial charge in [0.15, 0.2) is 0 Å². The van der Waals surface area contributed by atoms with Gasteiger partial charge in [0.2, 0.25) is 11.8 Å². The average Bonchev–Trinajstić information content (AvgIpc) is 3.42. The van der Waals surface area contributed by atoms with Crippen molar-refractivity contribution in [3.05, 3.63) is 27.9 Å². The summed E-state index contributed by atoms with van der Waals surface area (Å²) in [5.41, 5.74) is 1.48. The van der Waals surface area contributed by atoms with Gasteiger partial charge in [-0.1, -0.05) is 11.3 Å². The number of fused-ring (bicyclic) bond motifs is 1. The normalized spacial score (nSPS) is 19.1. The second kappa shape index (κ2) is 10.3. The number of H-pyrrole nitrogens is 1. The molecule has 1 atom stereocenters. The Labute approximate surface area is 190 Å². The van der Waals surface area contributed by atoms with Crippen LogP contribution in [-0.2, 0) is 14.4 Å². The van der Waals surface area contributed by atoms with Gasteiger partial charge in [0.05, 0.1) is 16.3 Å². The lowest BCUT2D eigenvalue weighted by Gasteiger charge is -2.33. The first-order valence-corrected chi connectivity index (χ1v) is 11.1. The Morgan fingerprint density at radius 2 is 1.82 bits per heavy atom. The molecule has 0 radical (unpaired) electrons. The number of carboxylic acid groups (broad SMARTS) is 1. The van der Waals surface area contributed by atoms with Gasteiger partial charge in [-0.25, -0.2) is 4.79 Å². The number of nitrogens with zero attached hydrogens (tertiary/aromatic N) is 1. The van der Waals surface area contributed by atoms with Gasteiger partial charge in [0.25, 0.3) is 0 Å². The van der Waals surface area contributed by atoms with E-state index in [-0.39, 0.29) is 28.6 Å². The molecule has 0 aliphatic carbocycles. The van der Waals surface area contributed by atoms with E-state index in [4.69, 9.17) is 9.90 Å². The van der Waals surface area contributed by atoms with Crippen molar-refractivity contribution in [3.8, 4) is 0 Å². The number of benzene rings is 1. The number of halogens is 3. The van der Waals surface area contributed by atoms with E-state index in [0.29, 0.717) is 31.6 Å². The van der Waals surface area contributed by atoms with Crippen molar-refractivity contribution in [2.75, 3.05) is 25.0 Å². The van der Waals surface area contributed by atoms with Crippen LogP contribution in [0.2, 0.25) is 0 Å². The highest BCUT2D eigenvalue weighted by Crippen LogP contribution is 2.23. The second-order valence-corrected chi connectivity index (χ2v) is 8.78. The predicted octanol–water partition coefficient (Wildman–Crippen LogP) is 2.15. The number of nitrogens with one attached hydrogen (secondary N) is 3. The number of carboxylic acids is 1. The van der Waals surface area contributed by atoms with E-state index >= 15 is 0 Å². The molecule has 2 fully saturated rings. The van der Waals surface area contributed by atoms with E-state index in [9.17, 15) is 27.6 Å². The Hall–Kier alpha value is -2.93. The maximum Gasteiger partial charge on any atom is 0.490 e. The topological polar surface area (TPSA) is 132 Å². The number of carbonyl (C=O) groups excluding carboxylic acids is 2. The molecule has 1 aromatic carbocycles. The Morgan fingerprint density at radius 1 is 1.15 bits per heavy atom. The molecule has 2 aliphatic heterocycles. The molecule has 0 spiro atoms.